The molecule has 0 amide bonds. The average molecular weight is 307 g/mol. The molecule has 1 aromatic rings. The minimum Gasteiger partial charge on any atom is -0.469 e. The Kier molecular flexibility index (Phi) is 4.73. The molecule has 1 heterocycles. The summed E-state index contributed by atoms with van der Waals surface area (Å²) < 4.78 is 9.76. The van der Waals surface area contributed by atoms with Crippen LogP contribution in [-0.4, -0.2) is 41.1 Å². The van der Waals surface area contributed by atoms with E-state index in [4.69, 9.17) is 9.47 Å². The predicted octanol–water partition coefficient (Wildman–Crippen LogP) is 1.74. The third kappa shape index (κ3) is 2.93. The van der Waals surface area contributed by atoms with Crippen molar-refractivity contribution in [1.29, 1.82) is 0 Å². The summed E-state index contributed by atoms with van der Waals surface area (Å²) in [6, 6.07) is 0. The lowest BCUT2D eigenvalue weighted by atomic mass is 9.52. The highest BCUT2D eigenvalue weighted by molar-refractivity contribution is 5.88. The molecule has 0 radical (unpaired) electrons. The first-order chi connectivity index (χ1) is 10.4. The molecule has 0 N–H and O–H groups in total. The van der Waals surface area contributed by atoms with Gasteiger partial charge in [-0.05, 0) is 35.8 Å². The van der Waals surface area contributed by atoms with E-state index in [0.29, 0.717) is 6.42 Å². The first-order valence-corrected chi connectivity index (χ1v) is 7.34. The Bertz CT molecular complexity index is 574. The standard InChI is InChI=1S/C15H21N3O4/c1-5-22-14(20)13-10(8-16-18-17-13)11-6-9(15(11,2)3)7-12(19)21-4/h8-9,11H,5-7H2,1-4H3/t9-,11+/m1/s1. The van der Waals surface area contributed by atoms with E-state index in [-0.39, 0.29) is 35.5 Å². The summed E-state index contributed by atoms with van der Waals surface area (Å²) >= 11 is 0. The van der Waals surface area contributed by atoms with Crippen LogP contribution in [0.2, 0.25) is 0 Å². The third-order valence-corrected chi connectivity index (χ3v) is 4.62. The Morgan fingerprint density at radius 2 is 2.14 bits per heavy atom. The molecule has 1 saturated carbocycles. The zero-order valence-corrected chi connectivity index (χ0v) is 13.3. The summed E-state index contributed by atoms with van der Waals surface area (Å²) in [4.78, 5) is 23.5. The van der Waals surface area contributed by atoms with Crippen molar-refractivity contribution in [1.82, 2.24) is 15.4 Å². The third-order valence-electron chi connectivity index (χ3n) is 4.62. The number of hydrogen-bond acceptors (Lipinski definition) is 7. The maximum absolute atomic E-state index is 12.0. The molecule has 1 aliphatic rings. The van der Waals surface area contributed by atoms with Crippen molar-refractivity contribution in [3.8, 4) is 0 Å². The highest BCUT2D eigenvalue weighted by Crippen LogP contribution is 2.58. The molecule has 1 aliphatic carbocycles. The molecule has 0 bridgehead atoms. The number of nitrogens with zero attached hydrogens (tertiary/aromatic N) is 3. The Labute approximate surface area is 129 Å². The Hall–Kier alpha value is -2.05. The van der Waals surface area contributed by atoms with Gasteiger partial charge in [-0.2, -0.15) is 0 Å². The van der Waals surface area contributed by atoms with Crippen molar-refractivity contribution >= 4 is 11.9 Å². The van der Waals surface area contributed by atoms with Gasteiger partial charge in [-0.1, -0.05) is 13.8 Å². The maximum atomic E-state index is 12.0. The minimum absolute atomic E-state index is 0.0876. The van der Waals surface area contributed by atoms with E-state index in [9.17, 15) is 9.59 Å². The lowest BCUT2D eigenvalue weighted by Crippen LogP contribution is -2.45. The molecular formula is C15H21N3O4. The van der Waals surface area contributed by atoms with Crippen LogP contribution in [0.4, 0.5) is 0 Å². The highest BCUT2D eigenvalue weighted by Gasteiger charge is 2.50. The van der Waals surface area contributed by atoms with Crippen LogP contribution in [0, 0.1) is 11.3 Å². The second-order valence-electron chi connectivity index (χ2n) is 6.05. The Morgan fingerprint density at radius 3 is 2.73 bits per heavy atom. The lowest BCUT2D eigenvalue weighted by molar-refractivity contribution is -0.145. The number of methoxy groups -OCH3 is 1. The number of carbonyl (C=O) groups is 2. The van der Waals surface area contributed by atoms with E-state index in [1.54, 1.807) is 13.1 Å². The summed E-state index contributed by atoms with van der Waals surface area (Å²) in [5.74, 6) is -0.412. The average Bonchev–Trinajstić information content (AvgIpc) is 2.51. The van der Waals surface area contributed by atoms with Crippen molar-refractivity contribution in [2.24, 2.45) is 11.3 Å². The van der Waals surface area contributed by atoms with E-state index in [1.165, 1.54) is 7.11 Å². The van der Waals surface area contributed by atoms with Crippen LogP contribution < -0.4 is 0 Å². The molecular weight excluding hydrogens is 286 g/mol. The summed E-state index contributed by atoms with van der Waals surface area (Å²) in [5, 5.41) is 11.2. The quantitative estimate of drug-likeness (QED) is 0.765. The molecule has 0 saturated heterocycles. The van der Waals surface area contributed by atoms with Gasteiger partial charge in [0.05, 0.1) is 19.9 Å². The van der Waals surface area contributed by atoms with Gasteiger partial charge in [0.1, 0.15) is 0 Å². The van der Waals surface area contributed by atoms with Gasteiger partial charge in [-0.3, -0.25) is 4.79 Å². The number of ether oxygens (including phenoxy) is 2. The smallest absolute Gasteiger partial charge is 0.359 e. The summed E-state index contributed by atoms with van der Waals surface area (Å²) in [6.45, 7) is 6.17. The fraction of sp³-hybridized carbons (Fsp3) is 0.667. The predicted molar refractivity (Wildman–Crippen MR) is 77.0 cm³/mol. The molecule has 120 valence electrons. The molecule has 22 heavy (non-hydrogen) atoms. The second kappa shape index (κ2) is 6.37. The largest absolute Gasteiger partial charge is 0.469 e. The van der Waals surface area contributed by atoms with Crippen LogP contribution in [0.3, 0.4) is 0 Å². The lowest BCUT2D eigenvalue weighted by Gasteiger charge is -2.52. The second-order valence-corrected chi connectivity index (χ2v) is 6.05. The Morgan fingerprint density at radius 1 is 1.41 bits per heavy atom. The van der Waals surface area contributed by atoms with E-state index >= 15 is 0 Å². The number of aromatic nitrogens is 3. The summed E-state index contributed by atoms with van der Waals surface area (Å²) in [7, 11) is 1.39. The van der Waals surface area contributed by atoms with Crippen LogP contribution in [0.25, 0.3) is 0 Å². The van der Waals surface area contributed by atoms with Crippen molar-refractivity contribution in [2.75, 3.05) is 13.7 Å². The molecule has 1 aromatic heterocycles. The van der Waals surface area contributed by atoms with Gasteiger partial charge in [0.2, 0.25) is 0 Å². The van der Waals surface area contributed by atoms with Crippen molar-refractivity contribution in [2.45, 2.75) is 39.5 Å². The monoisotopic (exact) mass is 307 g/mol. The van der Waals surface area contributed by atoms with Crippen LogP contribution in [0.1, 0.15) is 55.6 Å². The molecule has 0 aliphatic heterocycles. The molecule has 2 rings (SSSR count). The van der Waals surface area contributed by atoms with Gasteiger partial charge in [0.15, 0.2) is 5.69 Å². The van der Waals surface area contributed by atoms with Crippen LogP contribution in [-0.2, 0) is 14.3 Å². The first kappa shape index (κ1) is 16.3. The van der Waals surface area contributed by atoms with Gasteiger partial charge >= 0.3 is 11.9 Å². The van der Waals surface area contributed by atoms with Crippen LogP contribution >= 0.6 is 0 Å². The molecule has 7 heteroatoms. The van der Waals surface area contributed by atoms with Gasteiger partial charge in [0, 0.05) is 12.0 Å². The topological polar surface area (TPSA) is 91.3 Å². The van der Waals surface area contributed by atoms with E-state index in [0.717, 1.165) is 12.0 Å². The van der Waals surface area contributed by atoms with Crippen molar-refractivity contribution in [3.05, 3.63) is 17.5 Å². The summed E-state index contributed by atoms with van der Waals surface area (Å²) in [6.07, 6.45) is 2.72. The molecule has 2 atom stereocenters. The number of hydrogen-bond donors (Lipinski definition) is 0. The van der Waals surface area contributed by atoms with Gasteiger partial charge < -0.3 is 9.47 Å². The molecule has 0 aromatic carbocycles. The van der Waals surface area contributed by atoms with Gasteiger partial charge in [0.25, 0.3) is 0 Å². The first-order valence-electron chi connectivity index (χ1n) is 7.34. The van der Waals surface area contributed by atoms with Crippen molar-refractivity contribution in [3.63, 3.8) is 0 Å². The molecule has 7 nitrogen and oxygen atoms in total. The molecule has 0 spiro atoms. The van der Waals surface area contributed by atoms with E-state index < -0.39 is 5.97 Å². The van der Waals surface area contributed by atoms with Crippen molar-refractivity contribution < 1.29 is 19.1 Å². The van der Waals surface area contributed by atoms with Crippen LogP contribution in [0.5, 0.6) is 0 Å². The number of rotatable bonds is 5. The zero-order valence-electron chi connectivity index (χ0n) is 13.3. The van der Waals surface area contributed by atoms with E-state index in [2.05, 4.69) is 29.3 Å². The zero-order chi connectivity index (χ0) is 16.3. The van der Waals surface area contributed by atoms with E-state index in [1.807, 2.05) is 0 Å². The fourth-order valence-electron chi connectivity index (χ4n) is 3.07. The van der Waals surface area contributed by atoms with Gasteiger partial charge in [-0.15, -0.1) is 10.2 Å². The van der Waals surface area contributed by atoms with Gasteiger partial charge in [-0.25, -0.2) is 4.79 Å². The molecule has 1 fully saturated rings. The normalized spacial score (nSPS) is 22.5. The molecule has 0 unspecified atom stereocenters. The highest BCUT2D eigenvalue weighted by atomic mass is 16.5. The SMILES string of the molecule is CCOC(=O)c1nnncc1[C@@H]1C[C@H](CC(=O)OC)C1(C)C. The van der Waals surface area contributed by atoms with Crippen LogP contribution in [0.15, 0.2) is 6.20 Å². The number of carbonyl (C=O) groups excluding carboxylic acids is 2. The number of esters is 2. The minimum atomic E-state index is -0.486. The summed E-state index contributed by atoms with van der Waals surface area (Å²) in [5.41, 5.74) is 0.797. The Balaban J connectivity index is 2.20. The fourth-order valence-corrected chi connectivity index (χ4v) is 3.07. The maximum Gasteiger partial charge on any atom is 0.359 e.